The molecule has 1 fully saturated rings. The van der Waals surface area contributed by atoms with Gasteiger partial charge < -0.3 is 5.73 Å². The Balaban J connectivity index is 2.04. The van der Waals surface area contributed by atoms with E-state index in [1.165, 1.54) is 35.4 Å². The van der Waals surface area contributed by atoms with E-state index in [9.17, 15) is 0 Å². The molecule has 0 radical (unpaired) electrons. The molecule has 3 heteroatoms. The number of aryl methyl sites for hydroxylation is 1. The second-order valence-corrected chi connectivity index (χ2v) is 7.54. The van der Waals surface area contributed by atoms with Gasteiger partial charge in [0.1, 0.15) is 0 Å². The van der Waals surface area contributed by atoms with Gasteiger partial charge in [0.05, 0.1) is 5.25 Å². The van der Waals surface area contributed by atoms with Crippen LogP contribution < -0.4 is 5.73 Å². The lowest BCUT2D eigenvalue weighted by molar-refractivity contribution is 0.723. The van der Waals surface area contributed by atoms with Crippen molar-refractivity contribution in [3.05, 3.63) is 21.9 Å². The van der Waals surface area contributed by atoms with E-state index in [2.05, 4.69) is 37.7 Å². The first-order chi connectivity index (χ1) is 7.66. The second kappa shape index (κ2) is 5.56. The molecule has 0 aromatic carbocycles. The summed E-state index contributed by atoms with van der Waals surface area (Å²) in [5.41, 5.74) is 6.14. The highest BCUT2D eigenvalue weighted by Gasteiger charge is 2.25. The third-order valence-corrected chi connectivity index (χ3v) is 6.23. The van der Waals surface area contributed by atoms with Crippen molar-refractivity contribution < 1.29 is 0 Å². The van der Waals surface area contributed by atoms with Gasteiger partial charge in [0.25, 0.3) is 0 Å². The standard InChI is InChI=1S/C13H21NS2/c1-9-7-8-12(15-9)13(10(2)14)16-11-5-3-4-6-11/h7-8,10-11,13H,3-6,14H2,1-2H3. The van der Waals surface area contributed by atoms with Crippen molar-refractivity contribution in [1.29, 1.82) is 0 Å². The molecule has 0 aliphatic heterocycles. The maximum Gasteiger partial charge on any atom is 0.0542 e. The minimum Gasteiger partial charge on any atom is -0.327 e. The van der Waals surface area contributed by atoms with Gasteiger partial charge in [-0.05, 0) is 38.8 Å². The van der Waals surface area contributed by atoms with E-state index in [4.69, 9.17) is 5.73 Å². The van der Waals surface area contributed by atoms with Gasteiger partial charge in [0.15, 0.2) is 0 Å². The van der Waals surface area contributed by atoms with Gasteiger partial charge in [-0.15, -0.1) is 23.1 Å². The monoisotopic (exact) mass is 255 g/mol. The zero-order valence-electron chi connectivity index (χ0n) is 10.1. The fourth-order valence-electron chi connectivity index (χ4n) is 2.29. The molecule has 0 bridgehead atoms. The van der Waals surface area contributed by atoms with Crippen molar-refractivity contribution in [2.75, 3.05) is 0 Å². The number of rotatable bonds is 4. The van der Waals surface area contributed by atoms with Crippen LogP contribution in [0.1, 0.15) is 47.6 Å². The molecule has 1 aliphatic rings. The summed E-state index contributed by atoms with van der Waals surface area (Å²) >= 11 is 4.02. The largest absolute Gasteiger partial charge is 0.327 e. The zero-order valence-corrected chi connectivity index (χ0v) is 11.7. The van der Waals surface area contributed by atoms with Gasteiger partial charge in [0.2, 0.25) is 0 Å². The minimum atomic E-state index is 0.253. The van der Waals surface area contributed by atoms with E-state index < -0.39 is 0 Å². The van der Waals surface area contributed by atoms with Gasteiger partial charge >= 0.3 is 0 Å². The first-order valence-corrected chi connectivity index (χ1v) is 7.90. The molecule has 2 unspecified atom stereocenters. The van der Waals surface area contributed by atoms with Crippen molar-refractivity contribution in [1.82, 2.24) is 0 Å². The molecule has 2 N–H and O–H groups in total. The number of hydrogen-bond donors (Lipinski definition) is 1. The highest BCUT2D eigenvalue weighted by Crippen LogP contribution is 2.42. The smallest absolute Gasteiger partial charge is 0.0542 e. The molecule has 16 heavy (non-hydrogen) atoms. The Hall–Kier alpha value is 0.01000. The molecular formula is C13H21NS2. The molecule has 1 heterocycles. The SMILES string of the molecule is Cc1ccc(C(SC2CCCC2)C(C)N)s1. The summed E-state index contributed by atoms with van der Waals surface area (Å²) in [6.07, 6.45) is 5.59. The summed E-state index contributed by atoms with van der Waals surface area (Å²) in [6.45, 7) is 4.31. The normalized spacial score (nSPS) is 21.2. The van der Waals surface area contributed by atoms with Crippen LogP contribution >= 0.6 is 23.1 Å². The van der Waals surface area contributed by atoms with E-state index in [-0.39, 0.29) is 6.04 Å². The van der Waals surface area contributed by atoms with E-state index in [1.54, 1.807) is 0 Å². The molecule has 0 amide bonds. The van der Waals surface area contributed by atoms with E-state index in [1.807, 2.05) is 11.3 Å². The Morgan fingerprint density at radius 2 is 2.06 bits per heavy atom. The van der Waals surface area contributed by atoms with Crippen molar-refractivity contribution in [2.24, 2.45) is 5.73 Å². The van der Waals surface area contributed by atoms with Crippen molar-refractivity contribution in [3.63, 3.8) is 0 Å². The van der Waals surface area contributed by atoms with Crippen molar-refractivity contribution in [3.8, 4) is 0 Å². The summed E-state index contributed by atoms with van der Waals surface area (Å²) in [7, 11) is 0. The van der Waals surface area contributed by atoms with Crippen molar-refractivity contribution in [2.45, 2.75) is 56.1 Å². The average Bonchev–Trinajstić information content (AvgIpc) is 2.84. The Morgan fingerprint density at radius 3 is 2.56 bits per heavy atom. The van der Waals surface area contributed by atoms with Gasteiger partial charge in [-0.2, -0.15) is 0 Å². The van der Waals surface area contributed by atoms with Crippen LogP contribution in [0.2, 0.25) is 0 Å². The topological polar surface area (TPSA) is 26.0 Å². The number of hydrogen-bond acceptors (Lipinski definition) is 3. The Morgan fingerprint density at radius 1 is 1.38 bits per heavy atom. The maximum absolute atomic E-state index is 6.14. The van der Waals surface area contributed by atoms with Crippen LogP contribution in [0.3, 0.4) is 0 Å². The van der Waals surface area contributed by atoms with E-state index in [0.29, 0.717) is 5.25 Å². The lowest BCUT2D eigenvalue weighted by Gasteiger charge is -2.22. The van der Waals surface area contributed by atoms with Crippen LogP contribution in [0.5, 0.6) is 0 Å². The van der Waals surface area contributed by atoms with Gasteiger partial charge in [-0.1, -0.05) is 12.8 Å². The molecule has 1 aromatic heterocycles. The van der Waals surface area contributed by atoms with Crippen molar-refractivity contribution >= 4 is 23.1 Å². The summed E-state index contributed by atoms with van der Waals surface area (Å²) in [4.78, 5) is 2.86. The van der Waals surface area contributed by atoms with Crippen LogP contribution in [-0.4, -0.2) is 11.3 Å². The predicted octanol–water partition coefficient (Wildman–Crippen LogP) is 4.12. The van der Waals surface area contributed by atoms with Gasteiger partial charge in [0, 0.05) is 21.0 Å². The highest BCUT2D eigenvalue weighted by atomic mass is 32.2. The van der Waals surface area contributed by atoms with E-state index >= 15 is 0 Å². The average molecular weight is 255 g/mol. The predicted molar refractivity (Wildman–Crippen MR) is 75.3 cm³/mol. The molecule has 0 saturated heterocycles. The van der Waals surface area contributed by atoms with Crippen LogP contribution in [0, 0.1) is 6.92 Å². The molecular weight excluding hydrogens is 234 g/mol. The number of thioether (sulfide) groups is 1. The quantitative estimate of drug-likeness (QED) is 0.876. The van der Waals surface area contributed by atoms with Crippen LogP contribution in [0.15, 0.2) is 12.1 Å². The molecule has 90 valence electrons. The Bertz CT molecular complexity index is 326. The fourth-order valence-corrected chi connectivity index (χ4v) is 5.05. The Labute approximate surface area is 107 Å². The first-order valence-electron chi connectivity index (χ1n) is 6.14. The van der Waals surface area contributed by atoms with Gasteiger partial charge in [-0.25, -0.2) is 0 Å². The molecule has 0 spiro atoms. The maximum atomic E-state index is 6.14. The summed E-state index contributed by atoms with van der Waals surface area (Å²) < 4.78 is 0. The highest BCUT2D eigenvalue weighted by molar-refractivity contribution is 8.00. The molecule has 1 saturated carbocycles. The third kappa shape index (κ3) is 3.02. The molecule has 2 atom stereocenters. The molecule has 1 aromatic rings. The molecule has 1 aliphatic carbocycles. The molecule has 1 nitrogen and oxygen atoms in total. The molecule has 2 rings (SSSR count). The van der Waals surface area contributed by atoms with Crippen LogP contribution in [0.4, 0.5) is 0 Å². The van der Waals surface area contributed by atoms with E-state index in [0.717, 1.165) is 5.25 Å². The first kappa shape index (κ1) is 12.5. The third-order valence-electron chi connectivity index (χ3n) is 3.16. The minimum absolute atomic E-state index is 0.253. The van der Waals surface area contributed by atoms with Gasteiger partial charge in [-0.3, -0.25) is 0 Å². The number of nitrogens with two attached hydrogens (primary N) is 1. The zero-order chi connectivity index (χ0) is 11.5. The lowest BCUT2D eigenvalue weighted by atomic mass is 10.2. The fraction of sp³-hybridized carbons (Fsp3) is 0.692. The second-order valence-electron chi connectivity index (χ2n) is 4.77. The summed E-state index contributed by atoms with van der Waals surface area (Å²) in [5.74, 6) is 0. The van der Waals surface area contributed by atoms with Crippen LogP contribution in [0.25, 0.3) is 0 Å². The number of thiophene rings is 1. The summed E-state index contributed by atoms with van der Waals surface area (Å²) in [6, 6.07) is 4.73. The summed E-state index contributed by atoms with van der Waals surface area (Å²) in [5, 5.41) is 1.35. The lowest BCUT2D eigenvalue weighted by Crippen LogP contribution is -2.23. The Kier molecular flexibility index (Phi) is 4.34. The van der Waals surface area contributed by atoms with Crippen LogP contribution in [-0.2, 0) is 0 Å².